The summed E-state index contributed by atoms with van der Waals surface area (Å²) in [5.74, 6) is -2.88. The summed E-state index contributed by atoms with van der Waals surface area (Å²) in [7, 11) is 0. The van der Waals surface area contributed by atoms with Crippen molar-refractivity contribution in [2.45, 2.75) is 57.6 Å². The predicted molar refractivity (Wildman–Crippen MR) is 69.4 cm³/mol. The summed E-state index contributed by atoms with van der Waals surface area (Å²) in [5.41, 5.74) is 0. The molecule has 3 unspecified atom stereocenters. The SMILES string of the molecule is CC1(C)OCC(CNC(=O)C2CCCC(C(F)(F)F)C2)O1. The van der Waals surface area contributed by atoms with Gasteiger partial charge in [-0.25, -0.2) is 0 Å². The lowest BCUT2D eigenvalue weighted by Gasteiger charge is -2.30. The van der Waals surface area contributed by atoms with E-state index in [2.05, 4.69) is 5.32 Å². The molecular weight excluding hydrogens is 287 g/mol. The van der Waals surface area contributed by atoms with Crippen LogP contribution in [0.3, 0.4) is 0 Å². The molecule has 4 nitrogen and oxygen atoms in total. The van der Waals surface area contributed by atoms with Crippen molar-refractivity contribution in [3.63, 3.8) is 0 Å². The van der Waals surface area contributed by atoms with E-state index in [9.17, 15) is 18.0 Å². The van der Waals surface area contributed by atoms with Gasteiger partial charge in [0.15, 0.2) is 5.79 Å². The highest BCUT2D eigenvalue weighted by Gasteiger charge is 2.43. The molecule has 1 saturated heterocycles. The monoisotopic (exact) mass is 309 g/mol. The van der Waals surface area contributed by atoms with E-state index in [0.29, 0.717) is 19.4 Å². The molecule has 0 aromatic rings. The number of hydrogen-bond donors (Lipinski definition) is 1. The van der Waals surface area contributed by atoms with Crippen LogP contribution >= 0.6 is 0 Å². The minimum Gasteiger partial charge on any atom is -0.353 e. The second-order valence-corrected chi connectivity index (χ2v) is 6.30. The summed E-state index contributed by atoms with van der Waals surface area (Å²) in [6.45, 7) is 4.21. The van der Waals surface area contributed by atoms with Crippen LogP contribution in [-0.4, -0.2) is 37.1 Å². The molecule has 0 bridgehead atoms. The van der Waals surface area contributed by atoms with Gasteiger partial charge in [-0.3, -0.25) is 4.79 Å². The van der Waals surface area contributed by atoms with Gasteiger partial charge in [-0.05, 0) is 33.1 Å². The van der Waals surface area contributed by atoms with Gasteiger partial charge < -0.3 is 14.8 Å². The van der Waals surface area contributed by atoms with Crippen LogP contribution in [0.25, 0.3) is 0 Å². The number of carbonyl (C=O) groups is 1. The van der Waals surface area contributed by atoms with Crippen molar-refractivity contribution in [2.24, 2.45) is 11.8 Å². The van der Waals surface area contributed by atoms with Gasteiger partial charge in [0.25, 0.3) is 0 Å². The number of nitrogens with one attached hydrogen (secondary N) is 1. The summed E-state index contributed by atoms with van der Waals surface area (Å²) in [4.78, 5) is 12.0. The molecule has 1 aliphatic heterocycles. The van der Waals surface area contributed by atoms with Crippen LogP contribution in [0.15, 0.2) is 0 Å². The van der Waals surface area contributed by atoms with E-state index >= 15 is 0 Å². The molecule has 1 heterocycles. The standard InChI is InChI=1S/C14H22F3NO3/c1-13(2)20-8-11(21-13)7-18-12(19)9-4-3-5-10(6-9)14(15,16)17/h9-11H,3-8H2,1-2H3,(H,18,19). The number of halogens is 3. The second-order valence-electron chi connectivity index (χ2n) is 6.30. The fraction of sp³-hybridized carbons (Fsp3) is 0.929. The molecule has 122 valence electrons. The quantitative estimate of drug-likeness (QED) is 0.872. The Balaban J connectivity index is 1.78. The zero-order valence-corrected chi connectivity index (χ0v) is 12.3. The molecule has 0 spiro atoms. The molecule has 1 aliphatic carbocycles. The Hall–Kier alpha value is -0.820. The fourth-order valence-corrected chi connectivity index (χ4v) is 2.95. The molecule has 0 radical (unpaired) electrons. The first-order valence-corrected chi connectivity index (χ1v) is 7.33. The third-order valence-corrected chi connectivity index (χ3v) is 4.08. The van der Waals surface area contributed by atoms with E-state index in [-0.39, 0.29) is 31.4 Å². The molecule has 7 heteroatoms. The third-order valence-electron chi connectivity index (χ3n) is 4.08. The number of amides is 1. The van der Waals surface area contributed by atoms with E-state index in [0.717, 1.165) is 0 Å². The van der Waals surface area contributed by atoms with Crippen LogP contribution in [0.4, 0.5) is 13.2 Å². The zero-order chi connectivity index (χ0) is 15.7. The van der Waals surface area contributed by atoms with Gasteiger partial charge in [-0.15, -0.1) is 0 Å². The molecule has 21 heavy (non-hydrogen) atoms. The molecule has 0 aromatic carbocycles. The molecule has 2 aliphatic rings. The molecular formula is C14H22F3NO3. The maximum Gasteiger partial charge on any atom is 0.391 e. The van der Waals surface area contributed by atoms with E-state index < -0.39 is 23.8 Å². The highest BCUT2D eigenvalue weighted by Crippen LogP contribution is 2.39. The fourth-order valence-electron chi connectivity index (χ4n) is 2.95. The van der Waals surface area contributed by atoms with Crippen LogP contribution in [0.1, 0.15) is 39.5 Å². The minimum absolute atomic E-state index is 0.108. The van der Waals surface area contributed by atoms with Crippen molar-refractivity contribution in [1.29, 1.82) is 0 Å². The van der Waals surface area contributed by atoms with Gasteiger partial charge in [0.1, 0.15) is 6.10 Å². The Morgan fingerprint density at radius 2 is 2.05 bits per heavy atom. The van der Waals surface area contributed by atoms with E-state index in [4.69, 9.17) is 9.47 Å². The first kappa shape index (κ1) is 16.5. The topological polar surface area (TPSA) is 47.6 Å². The second kappa shape index (κ2) is 6.12. The normalized spacial score (nSPS) is 32.9. The summed E-state index contributed by atoms with van der Waals surface area (Å²) < 4.78 is 49.1. The molecule has 2 rings (SSSR count). The largest absolute Gasteiger partial charge is 0.391 e. The predicted octanol–water partition coefficient (Wildman–Crippen LogP) is 2.62. The lowest BCUT2D eigenvalue weighted by atomic mass is 9.80. The van der Waals surface area contributed by atoms with Crippen LogP contribution < -0.4 is 5.32 Å². The lowest BCUT2D eigenvalue weighted by Crippen LogP contribution is -2.41. The molecule has 2 fully saturated rings. The number of ether oxygens (including phenoxy) is 2. The first-order valence-electron chi connectivity index (χ1n) is 7.33. The Bertz CT molecular complexity index is 384. The van der Waals surface area contributed by atoms with Crippen LogP contribution in [0.2, 0.25) is 0 Å². The Kier molecular flexibility index (Phi) is 4.82. The highest BCUT2D eigenvalue weighted by atomic mass is 19.4. The number of rotatable bonds is 3. The summed E-state index contributed by atoms with van der Waals surface area (Å²) >= 11 is 0. The van der Waals surface area contributed by atoms with Crippen molar-refractivity contribution < 1.29 is 27.4 Å². The van der Waals surface area contributed by atoms with Crippen LogP contribution in [0, 0.1) is 11.8 Å². The average Bonchev–Trinajstić information content (AvgIpc) is 2.75. The van der Waals surface area contributed by atoms with Gasteiger partial charge in [0, 0.05) is 12.5 Å². The molecule has 3 atom stereocenters. The van der Waals surface area contributed by atoms with Gasteiger partial charge in [0.2, 0.25) is 5.91 Å². The highest BCUT2D eigenvalue weighted by molar-refractivity contribution is 5.78. The lowest BCUT2D eigenvalue weighted by molar-refractivity contribution is -0.186. The third kappa shape index (κ3) is 4.57. The van der Waals surface area contributed by atoms with Gasteiger partial charge in [-0.1, -0.05) is 6.42 Å². The smallest absolute Gasteiger partial charge is 0.353 e. The Labute approximate surface area is 122 Å². The molecule has 1 N–H and O–H groups in total. The first-order chi connectivity index (χ1) is 9.67. The Morgan fingerprint density at radius 3 is 2.62 bits per heavy atom. The summed E-state index contributed by atoms with van der Waals surface area (Å²) in [5, 5.41) is 2.69. The maximum atomic E-state index is 12.7. The van der Waals surface area contributed by atoms with E-state index in [1.54, 1.807) is 13.8 Å². The van der Waals surface area contributed by atoms with E-state index in [1.165, 1.54) is 0 Å². The van der Waals surface area contributed by atoms with Crippen molar-refractivity contribution in [1.82, 2.24) is 5.32 Å². The van der Waals surface area contributed by atoms with E-state index in [1.807, 2.05) is 0 Å². The van der Waals surface area contributed by atoms with Crippen molar-refractivity contribution in [2.75, 3.05) is 13.2 Å². The molecule has 0 aromatic heterocycles. The Morgan fingerprint density at radius 1 is 1.33 bits per heavy atom. The number of hydrogen-bond acceptors (Lipinski definition) is 3. The molecule has 1 saturated carbocycles. The zero-order valence-electron chi connectivity index (χ0n) is 12.3. The van der Waals surface area contributed by atoms with Crippen molar-refractivity contribution in [3.05, 3.63) is 0 Å². The number of carbonyl (C=O) groups excluding carboxylic acids is 1. The van der Waals surface area contributed by atoms with Crippen molar-refractivity contribution in [3.8, 4) is 0 Å². The van der Waals surface area contributed by atoms with Crippen molar-refractivity contribution >= 4 is 5.91 Å². The minimum atomic E-state index is -4.20. The van der Waals surface area contributed by atoms with Crippen LogP contribution in [0.5, 0.6) is 0 Å². The van der Waals surface area contributed by atoms with Gasteiger partial charge in [-0.2, -0.15) is 13.2 Å². The van der Waals surface area contributed by atoms with Gasteiger partial charge in [0.05, 0.1) is 12.5 Å². The van der Waals surface area contributed by atoms with Gasteiger partial charge >= 0.3 is 6.18 Å². The summed E-state index contributed by atoms with van der Waals surface area (Å²) in [6.07, 6.45) is -3.47. The average molecular weight is 309 g/mol. The maximum absolute atomic E-state index is 12.7. The molecule has 1 amide bonds. The number of alkyl halides is 3. The summed E-state index contributed by atoms with van der Waals surface area (Å²) in [6, 6.07) is 0. The van der Waals surface area contributed by atoms with Crippen LogP contribution in [-0.2, 0) is 14.3 Å².